The molecule has 13 heteroatoms. The SMILES string of the molecule is CCOC(=O)c1cn(CC)c2cc(N3CCN(c4ccc(N5CC([C@H](N)C(C)=O)OC5=O)cc4F)CC3)c(F)cc2c1=O. The first-order chi connectivity index (χ1) is 20.5. The summed E-state index contributed by atoms with van der Waals surface area (Å²) in [5.41, 5.74) is 6.50. The van der Waals surface area contributed by atoms with Crippen LogP contribution in [0.25, 0.3) is 10.9 Å². The Morgan fingerprint density at radius 3 is 2.28 bits per heavy atom. The molecule has 5 rings (SSSR count). The number of anilines is 3. The van der Waals surface area contributed by atoms with Crippen molar-refractivity contribution in [3.63, 3.8) is 0 Å². The monoisotopic (exact) mass is 597 g/mol. The van der Waals surface area contributed by atoms with Crippen LogP contribution in [0.3, 0.4) is 0 Å². The minimum Gasteiger partial charge on any atom is -0.462 e. The third-order valence-corrected chi connectivity index (χ3v) is 7.89. The van der Waals surface area contributed by atoms with Crippen LogP contribution in [0.4, 0.5) is 30.6 Å². The number of ether oxygens (including phenoxy) is 2. The van der Waals surface area contributed by atoms with E-state index in [9.17, 15) is 19.2 Å². The highest BCUT2D eigenvalue weighted by atomic mass is 19.1. The summed E-state index contributed by atoms with van der Waals surface area (Å²) in [6, 6.07) is 6.22. The Bertz CT molecular complexity index is 1650. The van der Waals surface area contributed by atoms with Gasteiger partial charge in [-0.1, -0.05) is 0 Å². The molecule has 2 atom stereocenters. The number of ketones is 1. The van der Waals surface area contributed by atoms with Crippen molar-refractivity contribution >= 4 is 45.8 Å². The number of pyridine rings is 1. The highest BCUT2D eigenvalue weighted by Gasteiger charge is 2.38. The zero-order valence-corrected chi connectivity index (χ0v) is 24.1. The molecular weight excluding hydrogens is 564 g/mol. The molecule has 1 aromatic heterocycles. The smallest absolute Gasteiger partial charge is 0.414 e. The van der Waals surface area contributed by atoms with Crippen LogP contribution >= 0.6 is 0 Å². The number of amides is 1. The maximum atomic E-state index is 15.4. The maximum Gasteiger partial charge on any atom is 0.414 e. The van der Waals surface area contributed by atoms with Crippen LogP contribution in [-0.2, 0) is 20.8 Å². The summed E-state index contributed by atoms with van der Waals surface area (Å²) in [6.45, 7) is 6.93. The summed E-state index contributed by atoms with van der Waals surface area (Å²) in [7, 11) is 0. The van der Waals surface area contributed by atoms with Crippen molar-refractivity contribution < 1.29 is 32.6 Å². The zero-order valence-electron chi connectivity index (χ0n) is 24.1. The number of fused-ring (bicyclic) bond motifs is 1. The molecule has 2 aliphatic heterocycles. The molecule has 0 spiro atoms. The van der Waals surface area contributed by atoms with Gasteiger partial charge in [0.25, 0.3) is 0 Å². The molecule has 43 heavy (non-hydrogen) atoms. The van der Waals surface area contributed by atoms with Gasteiger partial charge in [0.2, 0.25) is 5.43 Å². The number of cyclic esters (lactones) is 1. The number of carbonyl (C=O) groups excluding carboxylic acids is 3. The number of hydrogen-bond acceptors (Lipinski definition) is 9. The Kier molecular flexibility index (Phi) is 8.36. The van der Waals surface area contributed by atoms with E-state index < -0.39 is 41.3 Å². The Morgan fingerprint density at radius 1 is 1.02 bits per heavy atom. The average Bonchev–Trinajstić information content (AvgIpc) is 3.38. The highest BCUT2D eigenvalue weighted by Crippen LogP contribution is 2.31. The summed E-state index contributed by atoms with van der Waals surface area (Å²) >= 11 is 0. The third kappa shape index (κ3) is 5.64. The number of piperazine rings is 1. The van der Waals surface area contributed by atoms with Crippen LogP contribution in [0.2, 0.25) is 0 Å². The van der Waals surface area contributed by atoms with Crippen molar-refractivity contribution in [2.45, 2.75) is 39.5 Å². The molecule has 1 unspecified atom stereocenters. The molecule has 3 aromatic rings. The van der Waals surface area contributed by atoms with Crippen LogP contribution in [0, 0.1) is 11.6 Å². The molecule has 2 fully saturated rings. The van der Waals surface area contributed by atoms with Crippen molar-refractivity contribution in [2.24, 2.45) is 5.73 Å². The minimum atomic E-state index is -0.960. The molecule has 0 saturated carbocycles. The van der Waals surface area contributed by atoms with E-state index in [4.69, 9.17) is 15.2 Å². The first-order valence-electron chi connectivity index (χ1n) is 14.1. The van der Waals surface area contributed by atoms with Crippen LogP contribution < -0.4 is 25.9 Å². The van der Waals surface area contributed by atoms with E-state index in [-0.39, 0.29) is 35.6 Å². The molecule has 2 N–H and O–H groups in total. The van der Waals surface area contributed by atoms with Gasteiger partial charge in [0.1, 0.15) is 35.1 Å². The largest absolute Gasteiger partial charge is 0.462 e. The second-order valence-corrected chi connectivity index (χ2v) is 10.5. The fourth-order valence-corrected chi connectivity index (χ4v) is 5.51. The Hall–Kier alpha value is -4.52. The molecule has 0 radical (unpaired) electrons. The summed E-state index contributed by atoms with van der Waals surface area (Å²) in [4.78, 5) is 54.1. The van der Waals surface area contributed by atoms with Gasteiger partial charge in [0.15, 0.2) is 0 Å². The van der Waals surface area contributed by atoms with Gasteiger partial charge in [0, 0.05) is 44.3 Å². The fourth-order valence-electron chi connectivity index (χ4n) is 5.51. The Morgan fingerprint density at radius 2 is 1.67 bits per heavy atom. The van der Waals surface area contributed by atoms with Crippen molar-refractivity contribution in [1.29, 1.82) is 0 Å². The molecular formula is C30H33F2N5O6. The molecule has 0 aliphatic carbocycles. The van der Waals surface area contributed by atoms with E-state index in [2.05, 4.69) is 0 Å². The van der Waals surface area contributed by atoms with E-state index in [1.807, 2.05) is 16.7 Å². The van der Waals surface area contributed by atoms with Crippen molar-refractivity contribution in [3.8, 4) is 0 Å². The highest BCUT2D eigenvalue weighted by molar-refractivity contribution is 5.95. The van der Waals surface area contributed by atoms with E-state index in [1.165, 1.54) is 24.1 Å². The fraction of sp³-hybridized carbons (Fsp3) is 0.400. The lowest BCUT2D eigenvalue weighted by atomic mass is 10.1. The summed E-state index contributed by atoms with van der Waals surface area (Å²) < 4.78 is 42.6. The second-order valence-electron chi connectivity index (χ2n) is 10.5. The second kappa shape index (κ2) is 12.0. The molecule has 1 amide bonds. The quantitative estimate of drug-likeness (QED) is 0.390. The predicted octanol–water partition coefficient (Wildman–Crippen LogP) is 3.04. The molecule has 2 aliphatic rings. The van der Waals surface area contributed by atoms with Gasteiger partial charge < -0.3 is 29.6 Å². The number of aromatic nitrogens is 1. The number of hydrogen-bond donors (Lipinski definition) is 1. The average molecular weight is 598 g/mol. The van der Waals surface area contributed by atoms with Gasteiger partial charge >= 0.3 is 12.1 Å². The Labute approximate surface area is 246 Å². The zero-order chi connectivity index (χ0) is 31.0. The number of rotatable bonds is 8. The molecule has 228 valence electrons. The van der Waals surface area contributed by atoms with Crippen LogP contribution in [0.5, 0.6) is 0 Å². The van der Waals surface area contributed by atoms with Gasteiger partial charge in [-0.15, -0.1) is 0 Å². The van der Waals surface area contributed by atoms with Gasteiger partial charge in [0.05, 0.1) is 35.7 Å². The van der Waals surface area contributed by atoms with Crippen molar-refractivity contribution in [1.82, 2.24) is 4.57 Å². The van der Waals surface area contributed by atoms with Gasteiger partial charge in [-0.05, 0) is 51.1 Å². The first kappa shape index (κ1) is 30.0. The summed E-state index contributed by atoms with van der Waals surface area (Å²) in [5, 5.41) is 0.0888. The van der Waals surface area contributed by atoms with E-state index in [0.29, 0.717) is 49.6 Å². The van der Waals surface area contributed by atoms with Crippen LogP contribution in [0.1, 0.15) is 31.1 Å². The molecule has 0 bridgehead atoms. The third-order valence-electron chi connectivity index (χ3n) is 7.89. The lowest BCUT2D eigenvalue weighted by Gasteiger charge is -2.37. The summed E-state index contributed by atoms with van der Waals surface area (Å²) in [5.74, 6) is -2.21. The van der Waals surface area contributed by atoms with E-state index >= 15 is 8.78 Å². The van der Waals surface area contributed by atoms with Crippen LogP contribution in [0.15, 0.2) is 41.3 Å². The number of nitrogens with two attached hydrogens (primary N) is 1. The predicted molar refractivity (Wildman–Crippen MR) is 157 cm³/mol. The van der Waals surface area contributed by atoms with Crippen molar-refractivity contribution in [2.75, 3.05) is 54.0 Å². The van der Waals surface area contributed by atoms with E-state index in [1.54, 1.807) is 29.7 Å². The van der Waals surface area contributed by atoms with Gasteiger partial charge in [-0.25, -0.2) is 18.4 Å². The number of benzene rings is 2. The minimum absolute atomic E-state index is 0.0321. The topological polar surface area (TPSA) is 127 Å². The number of aryl methyl sites for hydroxylation is 1. The Balaban J connectivity index is 1.32. The molecule has 2 aromatic carbocycles. The van der Waals surface area contributed by atoms with Gasteiger partial charge in [-0.3, -0.25) is 14.5 Å². The number of halogens is 2. The molecule has 11 nitrogen and oxygen atoms in total. The summed E-state index contributed by atoms with van der Waals surface area (Å²) in [6.07, 6.45) is -0.0811. The van der Waals surface area contributed by atoms with E-state index in [0.717, 1.165) is 6.07 Å². The first-order valence-corrected chi connectivity index (χ1v) is 14.1. The maximum absolute atomic E-state index is 15.4. The molecule has 2 saturated heterocycles. The lowest BCUT2D eigenvalue weighted by molar-refractivity contribution is -0.120. The normalized spacial score (nSPS) is 17.8. The number of esters is 1. The number of Topliss-reactive ketones (excluding diaryl/α,β-unsaturated/α-hetero) is 1. The van der Waals surface area contributed by atoms with Crippen molar-refractivity contribution in [3.05, 3.63) is 63.9 Å². The lowest BCUT2D eigenvalue weighted by Crippen LogP contribution is -2.47. The van der Waals surface area contributed by atoms with Crippen LogP contribution in [-0.4, -0.2) is 73.9 Å². The standard InChI is InChI=1S/C30H33F2N5O6/c1-4-34-15-20(29(40)42-5-2)28(39)19-13-22(32)25(14-24(19)34)36-10-8-35(9-11-36)23-7-6-18(12-21(23)31)37-16-26(43-30(37)41)27(33)17(3)38/h6-7,12-15,26-27H,4-5,8-11,16,33H2,1-3H3/t26?,27-/m1/s1. The number of nitrogens with zero attached hydrogens (tertiary/aromatic N) is 4. The van der Waals surface area contributed by atoms with Gasteiger partial charge in [-0.2, -0.15) is 0 Å². The molecule has 3 heterocycles. The number of carbonyl (C=O) groups is 3.